The molecule has 1 saturated carbocycles. The Bertz CT molecular complexity index is 538. The summed E-state index contributed by atoms with van der Waals surface area (Å²) in [6.07, 6.45) is 2.39. The molecular formula is C14H17N3O. The molecule has 0 saturated heterocycles. The first-order valence-electron chi connectivity index (χ1n) is 6.45. The van der Waals surface area contributed by atoms with Crippen LogP contribution in [0.15, 0.2) is 24.3 Å². The van der Waals surface area contributed by atoms with E-state index < -0.39 is 0 Å². The van der Waals surface area contributed by atoms with Crippen molar-refractivity contribution in [1.82, 2.24) is 15.3 Å². The number of fused-ring (bicyclic) bond motifs is 1. The number of carbonyl (C=O) groups is 1. The number of hydrogen-bond acceptors (Lipinski definition) is 2. The van der Waals surface area contributed by atoms with E-state index in [9.17, 15) is 4.79 Å². The summed E-state index contributed by atoms with van der Waals surface area (Å²) in [5, 5.41) is 2.95. The van der Waals surface area contributed by atoms with Crippen molar-refractivity contribution in [2.45, 2.75) is 26.3 Å². The number of nitrogens with one attached hydrogen (secondary N) is 2. The highest BCUT2D eigenvalue weighted by molar-refractivity contribution is 5.79. The Labute approximate surface area is 106 Å². The van der Waals surface area contributed by atoms with Crippen LogP contribution < -0.4 is 5.32 Å². The second-order valence-corrected chi connectivity index (χ2v) is 5.04. The first-order chi connectivity index (χ1) is 8.74. The first-order valence-corrected chi connectivity index (χ1v) is 6.45. The van der Waals surface area contributed by atoms with Crippen LogP contribution in [0.3, 0.4) is 0 Å². The molecule has 94 valence electrons. The summed E-state index contributed by atoms with van der Waals surface area (Å²) in [7, 11) is 0. The normalized spacial score (nSPS) is 16.7. The van der Waals surface area contributed by atoms with E-state index in [2.05, 4.69) is 15.3 Å². The van der Waals surface area contributed by atoms with Crippen molar-refractivity contribution in [3.63, 3.8) is 0 Å². The molecule has 0 spiro atoms. The van der Waals surface area contributed by atoms with Gasteiger partial charge in [-0.05, 0) is 30.9 Å². The maximum atomic E-state index is 11.9. The van der Waals surface area contributed by atoms with Gasteiger partial charge >= 0.3 is 0 Å². The molecule has 1 amide bonds. The minimum absolute atomic E-state index is 0.134. The largest absolute Gasteiger partial charge is 0.349 e. The highest BCUT2D eigenvalue weighted by Crippen LogP contribution is 2.36. The lowest BCUT2D eigenvalue weighted by Crippen LogP contribution is -2.30. The summed E-state index contributed by atoms with van der Waals surface area (Å²) in [5.74, 6) is 1.68. The lowest BCUT2D eigenvalue weighted by molar-refractivity contribution is -0.125. The van der Waals surface area contributed by atoms with E-state index in [1.807, 2.05) is 31.2 Å². The third-order valence-electron chi connectivity index (χ3n) is 3.61. The van der Waals surface area contributed by atoms with Crippen LogP contribution in [0, 0.1) is 11.8 Å². The molecule has 1 aromatic carbocycles. The van der Waals surface area contributed by atoms with Crippen LogP contribution in [-0.4, -0.2) is 15.9 Å². The van der Waals surface area contributed by atoms with Crippen LogP contribution in [0.2, 0.25) is 0 Å². The Kier molecular flexibility index (Phi) is 2.78. The molecule has 1 aromatic heterocycles. The molecule has 1 aliphatic rings. The predicted octanol–water partition coefficient (Wildman–Crippen LogP) is 2.23. The lowest BCUT2D eigenvalue weighted by Gasteiger charge is -2.09. The van der Waals surface area contributed by atoms with Gasteiger partial charge in [0.25, 0.3) is 0 Å². The molecule has 2 N–H and O–H groups in total. The zero-order valence-corrected chi connectivity index (χ0v) is 10.4. The van der Waals surface area contributed by atoms with Crippen molar-refractivity contribution in [1.29, 1.82) is 0 Å². The highest BCUT2D eigenvalue weighted by atomic mass is 16.1. The highest BCUT2D eigenvalue weighted by Gasteiger charge is 2.32. The molecule has 4 nitrogen and oxygen atoms in total. The number of aromatic amines is 1. The number of imidazole rings is 1. The van der Waals surface area contributed by atoms with Gasteiger partial charge in [-0.3, -0.25) is 4.79 Å². The molecule has 4 heteroatoms. The number of nitrogens with zero attached hydrogens (tertiary/aromatic N) is 1. The van der Waals surface area contributed by atoms with Crippen molar-refractivity contribution in [3.05, 3.63) is 30.1 Å². The zero-order chi connectivity index (χ0) is 12.5. The van der Waals surface area contributed by atoms with E-state index in [1.54, 1.807) is 0 Å². The Hall–Kier alpha value is -1.84. The summed E-state index contributed by atoms with van der Waals surface area (Å²) >= 11 is 0. The number of carbonyl (C=O) groups excluding carboxylic acids is 1. The topological polar surface area (TPSA) is 57.8 Å². The molecule has 1 unspecified atom stereocenters. The molecule has 1 aliphatic carbocycles. The van der Waals surface area contributed by atoms with E-state index in [0.717, 1.165) is 16.9 Å². The van der Waals surface area contributed by atoms with Crippen LogP contribution in [0.1, 0.15) is 25.6 Å². The van der Waals surface area contributed by atoms with Crippen LogP contribution in [-0.2, 0) is 11.3 Å². The molecule has 1 heterocycles. The summed E-state index contributed by atoms with van der Waals surface area (Å²) in [5.41, 5.74) is 1.95. The van der Waals surface area contributed by atoms with Gasteiger partial charge in [0.15, 0.2) is 0 Å². The number of H-pyrrole nitrogens is 1. The van der Waals surface area contributed by atoms with Gasteiger partial charge < -0.3 is 10.3 Å². The number of para-hydroxylation sites is 2. The fourth-order valence-electron chi connectivity index (χ4n) is 2.23. The fraction of sp³-hybridized carbons (Fsp3) is 0.429. The van der Waals surface area contributed by atoms with Crippen LogP contribution >= 0.6 is 0 Å². The molecule has 2 aromatic rings. The van der Waals surface area contributed by atoms with E-state index in [4.69, 9.17) is 0 Å². The lowest BCUT2D eigenvalue weighted by atomic mass is 10.1. The quantitative estimate of drug-likeness (QED) is 0.865. The summed E-state index contributed by atoms with van der Waals surface area (Å²) < 4.78 is 0. The second-order valence-electron chi connectivity index (χ2n) is 5.04. The predicted molar refractivity (Wildman–Crippen MR) is 69.8 cm³/mol. The van der Waals surface area contributed by atoms with Gasteiger partial charge in [0.05, 0.1) is 17.6 Å². The summed E-state index contributed by atoms with van der Waals surface area (Å²) in [6.45, 7) is 2.48. The standard InChI is InChI=1S/C14H17N3O/c1-9(10-6-7-10)14(18)15-8-13-16-11-4-2-3-5-12(11)17-13/h2-5,9-10H,6-8H2,1H3,(H,15,18)(H,16,17). The van der Waals surface area contributed by atoms with E-state index >= 15 is 0 Å². The summed E-state index contributed by atoms with van der Waals surface area (Å²) in [6, 6.07) is 7.88. The van der Waals surface area contributed by atoms with Crippen molar-refractivity contribution >= 4 is 16.9 Å². The number of benzene rings is 1. The van der Waals surface area contributed by atoms with Crippen molar-refractivity contribution in [3.8, 4) is 0 Å². The molecule has 3 rings (SSSR count). The van der Waals surface area contributed by atoms with E-state index in [-0.39, 0.29) is 11.8 Å². The Morgan fingerprint density at radius 1 is 1.50 bits per heavy atom. The number of amides is 1. The summed E-state index contributed by atoms with van der Waals surface area (Å²) in [4.78, 5) is 19.5. The maximum Gasteiger partial charge on any atom is 0.223 e. The van der Waals surface area contributed by atoms with E-state index in [1.165, 1.54) is 12.8 Å². The van der Waals surface area contributed by atoms with Crippen molar-refractivity contribution < 1.29 is 4.79 Å². The SMILES string of the molecule is CC(C(=O)NCc1nc2ccccc2[nH]1)C1CC1. The number of aromatic nitrogens is 2. The average Bonchev–Trinajstić information content (AvgIpc) is 3.14. The third kappa shape index (κ3) is 2.23. The molecule has 1 atom stereocenters. The van der Waals surface area contributed by atoms with Gasteiger partial charge in [-0.2, -0.15) is 0 Å². The minimum Gasteiger partial charge on any atom is -0.349 e. The van der Waals surface area contributed by atoms with Gasteiger partial charge in [-0.1, -0.05) is 19.1 Å². The molecular weight excluding hydrogens is 226 g/mol. The van der Waals surface area contributed by atoms with Crippen LogP contribution in [0.4, 0.5) is 0 Å². The van der Waals surface area contributed by atoms with Gasteiger partial charge in [-0.25, -0.2) is 4.98 Å². The molecule has 1 fully saturated rings. The maximum absolute atomic E-state index is 11.9. The first kappa shape index (κ1) is 11.3. The van der Waals surface area contributed by atoms with Crippen molar-refractivity contribution in [2.24, 2.45) is 11.8 Å². The van der Waals surface area contributed by atoms with Gasteiger partial charge in [0.1, 0.15) is 5.82 Å². The van der Waals surface area contributed by atoms with Gasteiger partial charge in [0, 0.05) is 5.92 Å². The monoisotopic (exact) mass is 243 g/mol. The number of rotatable bonds is 4. The van der Waals surface area contributed by atoms with Gasteiger partial charge in [-0.15, -0.1) is 0 Å². The van der Waals surface area contributed by atoms with Crippen LogP contribution in [0.5, 0.6) is 0 Å². The Balaban J connectivity index is 1.63. The fourth-order valence-corrected chi connectivity index (χ4v) is 2.23. The van der Waals surface area contributed by atoms with Gasteiger partial charge in [0.2, 0.25) is 5.91 Å². The third-order valence-corrected chi connectivity index (χ3v) is 3.61. The van der Waals surface area contributed by atoms with Crippen molar-refractivity contribution in [2.75, 3.05) is 0 Å². The number of hydrogen-bond donors (Lipinski definition) is 2. The molecule has 18 heavy (non-hydrogen) atoms. The van der Waals surface area contributed by atoms with E-state index in [0.29, 0.717) is 12.5 Å². The Morgan fingerprint density at radius 2 is 2.28 bits per heavy atom. The Morgan fingerprint density at radius 3 is 3.00 bits per heavy atom. The zero-order valence-electron chi connectivity index (χ0n) is 10.4. The molecule has 0 radical (unpaired) electrons. The molecule has 0 aliphatic heterocycles. The van der Waals surface area contributed by atoms with Crippen LogP contribution in [0.25, 0.3) is 11.0 Å². The average molecular weight is 243 g/mol. The smallest absolute Gasteiger partial charge is 0.223 e. The second kappa shape index (κ2) is 4.44. The molecule has 0 bridgehead atoms. The minimum atomic E-state index is 0.134.